The smallest absolute Gasteiger partial charge is 0.202 e. The second-order valence-corrected chi connectivity index (χ2v) is 3.63. The molecule has 0 spiro atoms. The van der Waals surface area contributed by atoms with Crippen molar-refractivity contribution in [2.75, 3.05) is 10.6 Å². The number of anilines is 2. The summed E-state index contributed by atoms with van der Waals surface area (Å²) in [5.41, 5.74) is 1.90. The summed E-state index contributed by atoms with van der Waals surface area (Å²) < 4.78 is 0. The summed E-state index contributed by atoms with van der Waals surface area (Å²) in [6.07, 6.45) is 2.31. The zero-order chi connectivity index (χ0) is 12.8. The van der Waals surface area contributed by atoms with E-state index in [0.717, 1.165) is 0 Å². The molecule has 0 fully saturated rings. The van der Waals surface area contributed by atoms with Gasteiger partial charge in [0, 0.05) is 11.9 Å². The fourth-order valence-electron chi connectivity index (χ4n) is 1.48. The Hall–Kier alpha value is -2.58. The molecule has 0 aliphatic carbocycles. The molecule has 1 unspecified atom stereocenters. The molecule has 1 heterocycles. The standard InChI is InChI=1S/C13H12N4O/c14-8-10-3-1-4-11(7-10)16-13(18)17-12-5-2-6-15-9-12/h1-7,9,13,16-18H. The summed E-state index contributed by atoms with van der Waals surface area (Å²) >= 11 is 0. The molecule has 0 bridgehead atoms. The van der Waals surface area contributed by atoms with Crippen LogP contribution in [0, 0.1) is 11.3 Å². The molecule has 0 saturated heterocycles. The molecule has 5 heteroatoms. The van der Waals surface area contributed by atoms with Gasteiger partial charge < -0.3 is 15.7 Å². The molecule has 0 radical (unpaired) electrons. The Kier molecular flexibility index (Phi) is 3.74. The molecule has 0 aliphatic heterocycles. The number of nitrogens with one attached hydrogen (secondary N) is 2. The van der Waals surface area contributed by atoms with E-state index in [1.165, 1.54) is 0 Å². The maximum Gasteiger partial charge on any atom is 0.202 e. The normalized spacial score (nSPS) is 11.3. The average molecular weight is 240 g/mol. The Bertz CT molecular complexity index is 550. The molecule has 90 valence electrons. The first-order valence-corrected chi connectivity index (χ1v) is 5.39. The summed E-state index contributed by atoms with van der Waals surface area (Å²) in [6.45, 7) is 0. The second-order valence-electron chi connectivity index (χ2n) is 3.63. The van der Waals surface area contributed by atoms with Crippen LogP contribution in [0.4, 0.5) is 11.4 Å². The second kappa shape index (κ2) is 5.66. The average Bonchev–Trinajstić information content (AvgIpc) is 2.40. The van der Waals surface area contributed by atoms with Crippen molar-refractivity contribution in [1.29, 1.82) is 5.26 Å². The van der Waals surface area contributed by atoms with E-state index in [1.54, 1.807) is 48.8 Å². The minimum atomic E-state index is -0.955. The molecule has 0 aliphatic rings. The van der Waals surface area contributed by atoms with Crippen molar-refractivity contribution in [3.63, 3.8) is 0 Å². The van der Waals surface area contributed by atoms with Gasteiger partial charge in [-0.25, -0.2) is 0 Å². The van der Waals surface area contributed by atoms with E-state index in [9.17, 15) is 5.11 Å². The lowest BCUT2D eigenvalue weighted by atomic mass is 10.2. The maximum atomic E-state index is 9.79. The van der Waals surface area contributed by atoms with Crippen LogP contribution in [-0.4, -0.2) is 16.4 Å². The number of pyridine rings is 1. The third-order valence-electron chi connectivity index (χ3n) is 2.26. The van der Waals surface area contributed by atoms with Gasteiger partial charge in [0.15, 0.2) is 0 Å². The number of aromatic nitrogens is 1. The number of hydrogen-bond acceptors (Lipinski definition) is 5. The fourth-order valence-corrected chi connectivity index (χ4v) is 1.48. The SMILES string of the molecule is N#Cc1cccc(NC(O)Nc2cccnc2)c1. The highest BCUT2D eigenvalue weighted by molar-refractivity contribution is 5.51. The lowest BCUT2D eigenvalue weighted by molar-refractivity contribution is 0.233. The number of nitriles is 1. The van der Waals surface area contributed by atoms with Crippen molar-refractivity contribution >= 4 is 11.4 Å². The van der Waals surface area contributed by atoms with Crippen LogP contribution in [0.15, 0.2) is 48.8 Å². The summed E-state index contributed by atoms with van der Waals surface area (Å²) in [4.78, 5) is 3.93. The third kappa shape index (κ3) is 3.20. The lowest BCUT2D eigenvalue weighted by Crippen LogP contribution is -2.27. The van der Waals surface area contributed by atoms with Crippen LogP contribution < -0.4 is 10.6 Å². The van der Waals surface area contributed by atoms with Crippen molar-refractivity contribution in [3.05, 3.63) is 54.4 Å². The quantitative estimate of drug-likeness (QED) is 0.709. The molecule has 2 aromatic rings. The highest BCUT2D eigenvalue weighted by atomic mass is 16.3. The van der Waals surface area contributed by atoms with Gasteiger partial charge in [0.05, 0.1) is 23.5 Å². The molecule has 5 nitrogen and oxygen atoms in total. The first kappa shape index (κ1) is 11.9. The van der Waals surface area contributed by atoms with Crippen molar-refractivity contribution in [2.45, 2.75) is 6.35 Å². The van der Waals surface area contributed by atoms with Gasteiger partial charge in [-0.15, -0.1) is 0 Å². The van der Waals surface area contributed by atoms with Gasteiger partial charge in [-0.2, -0.15) is 5.26 Å². The molecule has 1 atom stereocenters. The van der Waals surface area contributed by atoms with Gasteiger partial charge in [0.1, 0.15) is 0 Å². The zero-order valence-corrected chi connectivity index (χ0v) is 9.54. The van der Waals surface area contributed by atoms with E-state index in [2.05, 4.69) is 15.6 Å². The van der Waals surface area contributed by atoms with Crippen LogP contribution >= 0.6 is 0 Å². The van der Waals surface area contributed by atoms with Crippen molar-refractivity contribution in [1.82, 2.24) is 4.98 Å². The molecular weight excluding hydrogens is 228 g/mol. The van der Waals surface area contributed by atoms with Gasteiger partial charge in [-0.1, -0.05) is 6.07 Å². The largest absolute Gasteiger partial charge is 0.357 e. The molecule has 0 amide bonds. The number of aliphatic hydroxyl groups is 1. The van der Waals surface area contributed by atoms with Crippen LogP contribution in [-0.2, 0) is 0 Å². The molecule has 3 N–H and O–H groups in total. The van der Waals surface area contributed by atoms with Crippen LogP contribution in [0.25, 0.3) is 0 Å². The number of aliphatic hydroxyl groups excluding tert-OH is 1. The molecule has 1 aromatic carbocycles. The van der Waals surface area contributed by atoms with Crippen LogP contribution in [0.5, 0.6) is 0 Å². The van der Waals surface area contributed by atoms with Crippen LogP contribution in [0.1, 0.15) is 5.56 Å². The summed E-state index contributed by atoms with van der Waals surface area (Å²) in [5.74, 6) is 0. The summed E-state index contributed by atoms with van der Waals surface area (Å²) in [5, 5.41) is 24.2. The Morgan fingerprint density at radius 2 is 1.94 bits per heavy atom. The van der Waals surface area contributed by atoms with E-state index >= 15 is 0 Å². The van der Waals surface area contributed by atoms with Crippen molar-refractivity contribution in [2.24, 2.45) is 0 Å². The van der Waals surface area contributed by atoms with E-state index in [4.69, 9.17) is 5.26 Å². The Labute approximate surface area is 105 Å². The molecule has 1 aromatic heterocycles. The van der Waals surface area contributed by atoms with E-state index in [0.29, 0.717) is 16.9 Å². The number of benzene rings is 1. The van der Waals surface area contributed by atoms with Gasteiger partial charge in [0.2, 0.25) is 6.35 Å². The van der Waals surface area contributed by atoms with Gasteiger partial charge in [-0.3, -0.25) is 4.98 Å². The van der Waals surface area contributed by atoms with Crippen molar-refractivity contribution in [3.8, 4) is 6.07 Å². The van der Waals surface area contributed by atoms with Crippen LogP contribution in [0.2, 0.25) is 0 Å². The predicted octanol–water partition coefficient (Wildman–Crippen LogP) is 1.75. The minimum absolute atomic E-state index is 0.536. The van der Waals surface area contributed by atoms with Crippen molar-refractivity contribution < 1.29 is 5.11 Å². The van der Waals surface area contributed by atoms with Crippen LogP contribution in [0.3, 0.4) is 0 Å². The molecular formula is C13H12N4O. The molecule has 0 saturated carbocycles. The highest BCUT2D eigenvalue weighted by Crippen LogP contribution is 2.11. The fraction of sp³-hybridized carbons (Fsp3) is 0.0769. The first-order chi connectivity index (χ1) is 8.78. The van der Waals surface area contributed by atoms with Gasteiger partial charge in [-0.05, 0) is 30.3 Å². The summed E-state index contributed by atoms with van der Waals surface area (Å²) in [6, 6.07) is 12.5. The minimum Gasteiger partial charge on any atom is -0.357 e. The number of nitrogens with zero attached hydrogens (tertiary/aromatic N) is 2. The Balaban J connectivity index is 1.99. The lowest BCUT2D eigenvalue weighted by Gasteiger charge is -2.16. The Morgan fingerprint density at radius 1 is 1.17 bits per heavy atom. The van der Waals surface area contributed by atoms with Gasteiger partial charge >= 0.3 is 0 Å². The Morgan fingerprint density at radius 3 is 2.67 bits per heavy atom. The molecule has 18 heavy (non-hydrogen) atoms. The third-order valence-corrected chi connectivity index (χ3v) is 2.26. The number of rotatable bonds is 4. The highest BCUT2D eigenvalue weighted by Gasteiger charge is 2.03. The first-order valence-electron chi connectivity index (χ1n) is 5.39. The predicted molar refractivity (Wildman–Crippen MR) is 68.6 cm³/mol. The topological polar surface area (TPSA) is 81.0 Å². The number of hydrogen-bond donors (Lipinski definition) is 3. The van der Waals surface area contributed by atoms with E-state index < -0.39 is 6.35 Å². The monoisotopic (exact) mass is 240 g/mol. The molecule has 2 rings (SSSR count). The van der Waals surface area contributed by atoms with E-state index in [1.807, 2.05) is 6.07 Å². The van der Waals surface area contributed by atoms with Gasteiger partial charge in [0.25, 0.3) is 0 Å². The maximum absolute atomic E-state index is 9.79. The zero-order valence-electron chi connectivity index (χ0n) is 9.54. The van der Waals surface area contributed by atoms with E-state index in [-0.39, 0.29) is 0 Å². The summed E-state index contributed by atoms with van der Waals surface area (Å²) in [7, 11) is 0.